The smallest absolute Gasteiger partial charge is 0.322 e. The molecule has 0 bridgehead atoms. The molecular weight excluding hydrogens is 1870 g/mol. The number of amides is 19. The number of imidazole rings is 1. The van der Waals surface area contributed by atoms with Crippen LogP contribution in [0.15, 0.2) is 36.8 Å². The number of thioether (sulfide) groups is 1. The van der Waals surface area contributed by atoms with Gasteiger partial charge in [0.1, 0.15) is 109 Å². The molecule has 0 saturated heterocycles. The predicted molar refractivity (Wildman–Crippen MR) is 505 cm³/mol. The molecule has 0 aliphatic carbocycles. The van der Waals surface area contributed by atoms with Crippen molar-refractivity contribution in [1.29, 1.82) is 0 Å². The number of benzene rings is 1. The second kappa shape index (κ2) is 61.8. The highest BCUT2D eigenvalue weighted by Crippen LogP contribution is 2.19. The Morgan fingerprint density at radius 1 is 0.396 bits per heavy atom. The Hall–Kier alpha value is -12.4. The van der Waals surface area contributed by atoms with Gasteiger partial charge < -0.3 is 148 Å². The molecule has 0 saturated carbocycles. The van der Waals surface area contributed by atoms with Crippen LogP contribution in [0.3, 0.4) is 0 Å². The lowest BCUT2D eigenvalue weighted by molar-refractivity contribution is -0.139. The number of aliphatic carboxylic acids is 2. The first-order valence-electron chi connectivity index (χ1n) is 45.4. The van der Waals surface area contributed by atoms with Gasteiger partial charge in [0.05, 0.1) is 43.7 Å². The maximum Gasteiger partial charge on any atom is 0.322 e. The van der Waals surface area contributed by atoms with Crippen LogP contribution in [0.25, 0.3) is 0 Å². The molecule has 50 nitrogen and oxygen atoms in total. The summed E-state index contributed by atoms with van der Waals surface area (Å²) < 4.78 is 0. The van der Waals surface area contributed by atoms with Crippen LogP contribution in [-0.2, 0) is 114 Å². The van der Waals surface area contributed by atoms with E-state index in [2.05, 4.69) is 108 Å². The second-order valence-corrected chi connectivity index (χ2v) is 37.0. The van der Waals surface area contributed by atoms with Gasteiger partial charge in [-0.1, -0.05) is 87.8 Å². The summed E-state index contributed by atoms with van der Waals surface area (Å²) in [5.74, 6) is -26.4. The normalized spacial score (nSPS) is 15.9. The Bertz CT molecular complexity index is 4470. The fourth-order valence-electron chi connectivity index (χ4n) is 13.6. The van der Waals surface area contributed by atoms with Gasteiger partial charge in [0, 0.05) is 43.3 Å². The summed E-state index contributed by atoms with van der Waals surface area (Å²) in [5.41, 5.74) is 17.2. The quantitative estimate of drug-likeness (QED) is 0.0274. The number of aromatic hydroxyl groups is 1. The van der Waals surface area contributed by atoms with Crippen LogP contribution in [0.4, 0.5) is 0 Å². The third kappa shape index (κ3) is 45.4. The van der Waals surface area contributed by atoms with Gasteiger partial charge in [-0.15, -0.1) is 0 Å². The van der Waals surface area contributed by atoms with Crippen molar-refractivity contribution in [3.8, 4) is 5.75 Å². The van der Waals surface area contributed by atoms with Crippen LogP contribution in [0.2, 0.25) is 0 Å². The fraction of sp³-hybridized carbons (Fsp3) is 0.655. The number of nitrogens with one attached hydrogen (secondary N) is 18. The van der Waals surface area contributed by atoms with Gasteiger partial charge in [0.25, 0.3) is 0 Å². The number of aliphatic hydroxyl groups is 4. The Balaban J connectivity index is 2.57. The van der Waals surface area contributed by atoms with Gasteiger partial charge in [0.2, 0.25) is 112 Å². The Morgan fingerprint density at radius 2 is 0.727 bits per heavy atom. The van der Waals surface area contributed by atoms with E-state index in [1.54, 1.807) is 68.6 Å². The van der Waals surface area contributed by atoms with Crippen LogP contribution in [-0.4, -0.2) is 322 Å². The minimum absolute atomic E-state index is 0.0457. The lowest BCUT2D eigenvalue weighted by Gasteiger charge is -2.31. The Morgan fingerprint density at radius 3 is 1.12 bits per heavy atom. The standard InChI is InChI=1S/C87H142N22O28S2/c1-16-43(10)67(84(134)96-53(25-26-139-15)75(125)107-68(45(12)111)85(135)102-57(30-42(8)9)81(131)108-69(46(13)112)86(136)103-60(33-64(90)116)80(130)99-56(29-41(6)7)78(128)104-61(36-110)72(122)92-35-66(119)120)106-87(137)70(47(14)113)109-82(132)59(32-49-34-91-38-93-49)101-83(133)62(37-138)105-79(129)58(31-48-17-19-50(114)20-18-48)100-74(124)51(21-23-63(89)115)94-73(123)52(22-24-65(117)118)95-76(126)55(28-40(4)5)98-77(127)54(27-39(2)3)97-71(121)44(11)88/h17-20,34,38-47,51-62,67-70,110-114,138H,16,21-33,35-37,88H2,1-15H3,(H2,89,115)(H2,90,116)(H,91,93)(H,92,122)(H,94,123)(H,95,126)(H,96,134)(H,97,121)(H,98,127)(H,99,130)(H,100,124)(H,101,133)(H,102,135)(H,103,136)(H,104,128)(H,105,129)(H,106,137)(H,107,125)(H,108,131)(H,109,132)(H,117,118)(H,119,120)/t43-,44-,45+,46+,47+,51-,52-,53-,54-,55-,56-,57-,58-,59-,60-,61-,62-,67-,68-,69-,70-/m0/s1. The second-order valence-electron chi connectivity index (χ2n) is 35.6. The summed E-state index contributed by atoms with van der Waals surface area (Å²) >= 11 is 5.54. The van der Waals surface area contributed by atoms with E-state index < -0.39 is 321 Å². The number of phenolic OH excluding ortho intramolecular Hbond substituents is 1. The molecule has 1 heterocycles. The van der Waals surface area contributed by atoms with E-state index in [4.69, 9.17) is 22.3 Å². The number of thiol groups is 1. The van der Waals surface area contributed by atoms with E-state index in [0.717, 1.165) is 20.8 Å². The molecular formula is C87H142N22O28S2. The molecule has 31 N–H and O–H groups in total. The summed E-state index contributed by atoms with van der Waals surface area (Å²) in [6, 6.07) is -23.1. The van der Waals surface area contributed by atoms with Gasteiger partial charge in [-0.2, -0.15) is 24.4 Å². The predicted octanol–water partition coefficient (Wildman–Crippen LogP) is -7.74. The van der Waals surface area contributed by atoms with Crippen molar-refractivity contribution in [3.05, 3.63) is 48.0 Å². The number of H-pyrrole nitrogens is 1. The summed E-state index contributed by atoms with van der Waals surface area (Å²) in [5, 5.41) is 113. The van der Waals surface area contributed by atoms with E-state index in [1.165, 1.54) is 62.4 Å². The number of aromatic nitrogens is 2. The average Bonchev–Trinajstić information content (AvgIpc) is 1.41. The molecule has 0 aliphatic rings. The maximum absolute atomic E-state index is 14.8. The number of primary amides is 2. The van der Waals surface area contributed by atoms with Gasteiger partial charge in [-0.25, -0.2) is 4.98 Å². The highest BCUT2D eigenvalue weighted by molar-refractivity contribution is 7.98. The summed E-state index contributed by atoms with van der Waals surface area (Å²) in [4.78, 5) is 295. The molecule has 19 amide bonds. The van der Waals surface area contributed by atoms with E-state index >= 15 is 0 Å². The first-order chi connectivity index (χ1) is 65.0. The largest absolute Gasteiger partial charge is 0.508 e. The lowest BCUT2D eigenvalue weighted by atomic mass is 9.96. The van der Waals surface area contributed by atoms with Crippen molar-refractivity contribution in [1.82, 2.24) is 100 Å². The Labute approximate surface area is 814 Å². The average molecular weight is 2010 g/mol. The number of phenols is 1. The molecule has 1 aromatic heterocycles. The number of carboxylic acids is 2. The molecule has 0 spiro atoms. The van der Waals surface area contributed by atoms with E-state index in [-0.39, 0.29) is 79.0 Å². The SMILES string of the molecule is CC[C@H](C)[C@H](NC(=O)[C@@H](NC(=O)[C@H](Cc1cnc[nH]1)NC(=O)[C@H](CS)NC(=O)[C@H](Cc1ccc(O)cc1)NC(=O)[C@H](CCC(N)=O)NC(=O)[C@H](CCC(=O)O)NC(=O)[C@H](CC(C)C)NC(=O)[C@H](CC(C)C)NC(=O)[C@H](C)N)[C@@H](C)O)C(=O)N[C@@H](CCSC)C(=O)N[C@H](C(=O)N[C@@H](CC(C)C)C(=O)N[C@H](C(=O)N[C@@H](CC(N)=O)C(=O)N[C@@H](CC(C)C)C(=O)N[C@@H](CO)C(=O)NCC(=O)O)[C@@H](C)O)[C@@H](C)O. The minimum Gasteiger partial charge on any atom is -0.508 e. The molecule has 21 atom stereocenters. The van der Waals surface area contributed by atoms with E-state index in [1.807, 2.05) is 5.32 Å². The third-order valence-corrected chi connectivity index (χ3v) is 22.3. The zero-order valence-electron chi connectivity index (χ0n) is 80.7. The molecule has 780 valence electrons. The summed E-state index contributed by atoms with van der Waals surface area (Å²) in [6.45, 7) is 19.4. The molecule has 139 heavy (non-hydrogen) atoms. The summed E-state index contributed by atoms with van der Waals surface area (Å²) in [7, 11) is 0. The number of aromatic amines is 1. The third-order valence-electron chi connectivity index (χ3n) is 21.3. The molecule has 0 unspecified atom stereocenters. The van der Waals surface area contributed by atoms with Crippen molar-refractivity contribution in [2.24, 2.45) is 46.8 Å². The highest BCUT2D eigenvalue weighted by atomic mass is 32.2. The molecule has 2 aromatic rings. The van der Waals surface area contributed by atoms with E-state index in [9.17, 15) is 131 Å². The number of carboxylic acid groups (broad SMARTS) is 2. The number of carbonyl (C=O) groups is 21. The van der Waals surface area contributed by atoms with Crippen molar-refractivity contribution < 1.29 is 136 Å². The highest BCUT2D eigenvalue weighted by Gasteiger charge is 2.43. The van der Waals surface area contributed by atoms with Gasteiger partial charge in [0.15, 0.2) is 0 Å². The number of aliphatic hydroxyl groups excluding tert-OH is 4. The molecule has 0 aliphatic heterocycles. The van der Waals surface area contributed by atoms with Crippen LogP contribution >= 0.6 is 24.4 Å². The molecule has 52 heteroatoms. The van der Waals surface area contributed by atoms with Crippen molar-refractivity contribution >= 4 is 149 Å². The number of hydrogen-bond acceptors (Lipinski definition) is 30. The maximum atomic E-state index is 14.8. The number of rotatable bonds is 65. The molecule has 0 fully saturated rings. The van der Waals surface area contributed by atoms with Crippen LogP contribution in [0, 0.1) is 29.6 Å². The zero-order chi connectivity index (χ0) is 106. The van der Waals surface area contributed by atoms with Crippen LogP contribution < -0.4 is 108 Å². The first-order valence-corrected chi connectivity index (χ1v) is 47.4. The number of carbonyl (C=O) groups excluding carboxylic acids is 19. The zero-order valence-corrected chi connectivity index (χ0v) is 82.4. The van der Waals surface area contributed by atoms with Crippen molar-refractivity contribution in [2.45, 2.75) is 301 Å². The topological polar surface area (TPSA) is 811 Å². The minimum atomic E-state index is -1.99. The van der Waals surface area contributed by atoms with Crippen LogP contribution in [0.1, 0.15) is 179 Å². The fourth-order valence-corrected chi connectivity index (χ4v) is 14.3. The van der Waals surface area contributed by atoms with E-state index in [0.29, 0.717) is 0 Å². The monoisotopic (exact) mass is 2010 g/mol. The van der Waals surface area contributed by atoms with Gasteiger partial charge in [-0.3, -0.25) is 101 Å². The van der Waals surface area contributed by atoms with Gasteiger partial charge in [-0.05, 0) is 132 Å². The number of nitrogens with two attached hydrogens (primary N) is 3. The van der Waals surface area contributed by atoms with Crippen LogP contribution in [0.5, 0.6) is 5.75 Å². The number of hydrogen-bond donors (Lipinski definition) is 29. The molecule has 1 aromatic carbocycles. The van der Waals surface area contributed by atoms with Crippen molar-refractivity contribution in [2.75, 3.05) is 30.9 Å². The first kappa shape index (κ1) is 123. The lowest BCUT2D eigenvalue weighted by Crippen LogP contribution is -2.64. The summed E-state index contributed by atoms with van der Waals surface area (Å²) in [6.07, 6.45) is -5.96. The molecule has 2 rings (SSSR count). The molecule has 0 radical (unpaired) electrons. The number of nitrogens with zero attached hydrogens (tertiary/aromatic N) is 1. The Kier molecular flexibility index (Phi) is 54.6. The van der Waals surface area contributed by atoms with Crippen molar-refractivity contribution in [3.63, 3.8) is 0 Å². The van der Waals surface area contributed by atoms with Gasteiger partial charge >= 0.3 is 11.9 Å².